The lowest BCUT2D eigenvalue weighted by atomic mass is 10.0. The van der Waals surface area contributed by atoms with Crippen LogP contribution in [-0.2, 0) is 0 Å². The third-order valence-electron chi connectivity index (χ3n) is 4.19. The molecule has 3 aromatic rings. The second-order valence-electron chi connectivity index (χ2n) is 6.00. The molecule has 3 rings (SSSR count). The Morgan fingerprint density at radius 2 is 1.93 bits per heavy atom. The highest BCUT2D eigenvalue weighted by atomic mass is 16.5. The molecule has 0 unspecified atom stereocenters. The van der Waals surface area contributed by atoms with Gasteiger partial charge in [-0.3, -0.25) is 4.79 Å². The van der Waals surface area contributed by atoms with Crippen LogP contribution in [0.3, 0.4) is 0 Å². The number of nitrogens with zero attached hydrogens (tertiary/aromatic N) is 1. The Labute approximate surface area is 164 Å². The van der Waals surface area contributed by atoms with E-state index >= 15 is 0 Å². The van der Waals surface area contributed by atoms with Gasteiger partial charge in [0.15, 0.2) is 5.82 Å². The number of anilines is 2. The van der Waals surface area contributed by atoms with Crippen molar-refractivity contribution in [2.45, 2.75) is 6.92 Å². The van der Waals surface area contributed by atoms with Crippen molar-refractivity contribution < 1.29 is 19.7 Å². The predicted octanol–water partition coefficient (Wildman–Crippen LogP) is 1.77. The van der Waals surface area contributed by atoms with Crippen molar-refractivity contribution in [3.05, 3.63) is 52.3 Å². The summed E-state index contributed by atoms with van der Waals surface area (Å²) in [5.41, 5.74) is 8.79. The number of nitrogen functional groups attached to an aromatic ring is 2. The molecule has 2 aromatic carbocycles. The number of carboxylic acid groups (broad SMARTS) is 1. The highest BCUT2D eigenvalue weighted by molar-refractivity contribution is 5.92. The maximum absolute atomic E-state index is 12.0. The normalized spacial score (nSPS) is 10.6. The van der Waals surface area contributed by atoms with Crippen LogP contribution in [0.2, 0.25) is 0 Å². The van der Waals surface area contributed by atoms with Gasteiger partial charge in [-0.15, -0.1) is 0 Å². The molecular weight excluding hydrogens is 378 g/mol. The molecule has 0 aliphatic rings. The van der Waals surface area contributed by atoms with Gasteiger partial charge in [-0.2, -0.15) is 0 Å². The Hall–Kier alpha value is -4.05. The molecular formula is C19H19N5O5. The zero-order valence-corrected chi connectivity index (χ0v) is 15.4. The van der Waals surface area contributed by atoms with Crippen LogP contribution in [0.4, 0.5) is 11.5 Å². The van der Waals surface area contributed by atoms with E-state index in [2.05, 4.69) is 15.4 Å². The monoisotopic (exact) mass is 397 g/mol. The van der Waals surface area contributed by atoms with Crippen LogP contribution < -0.4 is 27.3 Å². The molecule has 0 radical (unpaired) electrons. The number of carbonyl (C=O) groups is 1. The van der Waals surface area contributed by atoms with Crippen molar-refractivity contribution in [2.75, 3.05) is 17.8 Å². The van der Waals surface area contributed by atoms with Crippen LogP contribution in [0.25, 0.3) is 22.5 Å². The number of aromatic nitrogens is 2. The number of aromatic amines is 1. The van der Waals surface area contributed by atoms with Gasteiger partial charge in [0.1, 0.15) is 28.6 Å². The number of benzene rings is 2. The van der Waals surface area contributed by atoms with E-state index in [9.17, 15) is 14.7 Å². The van der Waals surface area contributed by atoms with Crippen molar-refractivity contribution in [1.82, 2.24) is 9.97 Å². The first-order chi connectivity index (χ1) is 13.8. The summed E-state index contributed by atoms with van der Waals surface area (Å²) in [4.78, 5) is 29.9. The molecule has 150 valence electrons. The van der Waals surface area contributed by atoms with Gasteiger partial charge in [0.05, 0.1) is 12.2 Å². The van der Waals surface area contributed by atoms with Crippen LogP contribution in [0.1, 0.15) is 17.3 Å². The fourth-order valence-electron chi connectivity index (χ4n) is 2.78. The zero-order valence-electron chi connectivity index (χ0n) is 15.4. The summed E-state index contributed by atoms with van der Waals surface area (Å²) in [7, 11) is 0. The van der Waals surface area contributed by atoms with Crippen molar-refractivity contribution in [1.29, 1.82) is 0 Å². The smallest absolute Gasteiger partial charge is 0.339 e. The Kier molecular flexibility index (Phi) is 5.37. The Morgan fingerprint density at radius 3 is 2.55 bits per heavy atom. The molecule has 1 aromatic heterocycles. The van der Waals surface area contributed by atoms with Gasteiger partial charge >= 0.3 is 5.97 Å². The van der Waals surface area contributed by atoms with Gasteiger partial charge in [0.25, 0.3) is 5.56 Å². The van der Waals surface area contributed by atoms with Crippen molar-refractivity contribution in [3.63, 3.8) is 0 Å². The number of ether oxygens (including phenoxy) is 1. The van der Waals surface area contributed by atoms with Crippen LogP contribution in [0.15, 0.2) is 41.2 Å². The number of phenols is 1. The average molecular weight is 397 g/mol. The summed E-state index contributed by atoms with van der Waals surface area (Å²) < 4.78 is 5.69. The lowest BCUT2D eigenvalue weighted by Gasteiger charge is -2.13. The van der Waals surface area contributed by atoms with Gasteiger partial charge in [-0.25, -0.2) is 15.6 Å². The van der Waals surface area contributed by atoms with E-state index in [-0.39, 0.29) is 28.6 Å². The molecule has 0 saturated carbocycles. The third kappa shape index (κ3) is 3.82. The Balaban J connectivity index is 2.11. The number of carboxylic acids is 1. The van der Waals surface area contributed by atoms with Crippen molar-refractivity contribution in [3.8, 4) is 34.0 Å². The van der Waals surface area contributed by atoms with Gasteiger partial charge in [0.2, 0.25) is 0 Å². The summed E-state index contributed by atoms with van der Waals surface area (Å²) in [6.07, 6.45) is 0. The second kappa shape index (κ2) is 7.90. The number of H-pyrrole nitrogens is 1. The lowest BCUT2D eigenvalue weighted by Crippen LogP contribution is -2.20. The molecule has 0 bridgehead atoms. The molecule has 10 nitrogen and oxygen atoms in total. The Morgan fingerprint density at radius 1 is 1.24 bits per heavy atom. The zero-order chi connectivity index (χ0) is 21.1. The fourth-order valence-corrected chi connectivity index (χ4v) is 2.78. The lowest BCUT2D eigenvalue weighted by molar-refractivity contribution is 0.0694. The number of aromatic hydroxyl groups is 1. The molecule has 0 amide bonds. The highest BCUT2D eigenvalue weighted by Crippen LogP contribution is 2.34. The first kappa shape index (κ1) is 19.7. The molecule has 0 atom stereocenters. The fraction of sp³-hybridized carbons (Fsp3) is 0.105. The molecule has 0 aliphatic heterocycles. The third-order valence-corrected chi connectivity index (χ3v) is 4.19. The molecule has 0 spiro atoms. The van der Waals surface area contributed by atoms with Gasteiger partial charge < -0.3 is 31.1 Å². The maximum Gasteiger partial charge on any atom is 0.339 e. The quantitative estimate of drug-likeness (QED) is 0.267. The summed E-state index contributed by atoms with van der Waals surface area (Å²) in [6, 6.07) is 9.34. The molecule has 8 N–H and O–H groups in total. The number of hydrogen-bond donors (Lipinski definition) is 6. The SMILES string of the molecule is CCOc1cc(-c2ccc(C(=O)O)c(O)c2)ccc1-c1nc(NN)c(N)c(=O)[nH]1. The number of rotatable bonds is 6. The van der Waals surface area contributed by atoms with Gasteiger partial charge in [-0.1, -0.05) is 12.1 Å². The van der Waals surface area contributed by atoms with Crippen molar-refractivity contribution >= 4 is 17.5 Å². The summed E-state index contributed by atoms with van der Waals surface area (Å²) in [5.74, 6) is 4.46. The van der Waals surface area contributed by atoms with E-state index in [1.54, 1.807) is 31.2 Å². The summed E-state index contributed by atoms with van der Waals surface area (Å²) >= 11 is 0. The van der Waals surface area contributed by atoms with E-state index in [1.807, 2.05) is 0 Å². The van der Waals surface area contributed by atoms with E-state index in [4.69, 9.17) is 21.4 Å². The predicted molar refractivity (Wildman–Crippen MR) is 108 cm³/mol. The van der Waals surface area contributed by atoms with E-state index < -0.39 is 11.5 Å². The topological polar surface area (TPSA) is 177 Å². The highest BCUT2D eigenvalue weighted by Gasteiger charge is 2.16. The van der Waals surface area contributed by atoms with Crippen LogP contribution in [0, 0.1) is 0 Å². The number of nitrogens with one attached hydrogen (secondary N) is 2. The number of nitrogens with two attached hydrogens (primary N) is 2. The van der Waals surface area contributed by atoms with E-state index in [0.29, 0.717) is 29.0 Å². The molecule has 10 heteroatoms. The minimum Gasteiger partial charge on any atom is -0.507 e. The first-order valence-electron chi connectivity index (χ1n) is 8.56. The molecule has 1 heterocycles. The number of aromatic carboxylic acids is 1. The van der Waals surface area contributed by atoms with E-state index in [0.717, 1.165) is 0 Å². The maximum atomic E-state index is 12.0. The number of hydrogen-bond acceptors (Lipinski definition) is 8. The molecule has 29 heavy (non-hydrogen) atoms. The molecule has 0 fully saturated rings. The second-order valence-corrected chi connectivity index (χ2v) is 6.00. The van der Waals surface area contributed by atoms with Crippen molar-refractivity contribution in [2.24, 2.45) is 5.84 Å². The summed E-state index contributed by atoms with van der Waals surface area (Å²) in [5, 5.41) is 19.0. The molecule has 0 aliphatic carbocycles. The van der Waals surface area contributed by atoms with Crippen LogP contribution in [-0.4, -0.2) is 32.8 Å². The average Bonchev–Trinajstić information content (AvgIpc) is 2.70. The van der Waals surface area contributed by atoms with Gasteiger partial charge in [0, 0.05) is 0 Å². The largest absolute Gasteiger partial charge is 0.507 e. The van der Waals surface area contributed by atoms with E-state index in [1.165, 1.54) is 12.1 Å². The first-order valence-corrected chi connectivity index (χ1v) is 8.56. The van der Waals surface area contributed by atoms with Crippen LogP contribution in [0.5, 0.6) is 11.5 Å². The number of hydrazine groups is 1. The summed E-state index contributed by atoms with van der Waals surface area (Å²) in [6.45, 7) is 2.15. The minimum absolute atomic E-state index is 0.0319. The van der Waals surface area contributed by atoms with Crippen LogP contribution >= 0.6 is 0 Å². The Bertz CT molecular complexity index is 1140. The standard InChI is InChI=1S/C19H19N5O5/c1-2-29-14-8-10(9-3-5-11(19(27)28)13(25)7-9)4-6-12(14)16-22-17(24-21)15(20)18(26)23-16/h3-8,25H,2,20-21H2,1H3,(H,27,28)(H2,22,23,24,26). The van der Waals surface area contributed by atoms with Gasteiger partial charge in [-0.05, 0) is 42.3 Å². The minimum atomic E-state index is -1.22. The molecule has 0 saturated heterocycles.